The van der Waals surface area contributed by atoms with E-state index >= 15 is 0 Å². The van der Waals surface area contributed by atoms with Gasteiger partial charge in [0.05, 0.1) is 0 Å². The van der Waals surface area contributed by atoms with Crippen LogP contribution in [-0.4, -0.2) is 33.1 Å². The lowest BCUT2D eigenvalue weighted by Gasteiger charge is -2.31. The van der Waals surface area contributed by atoms with Gasteiger partial charge in [0, 0.05) is 48.0 Å². The smallest absolute Gasteiger partial charge is 0.208 e. The second-order valence-corrected chi connectivity index (χ2v) is 8.03. The molecule has 0 radical (unpaired) electrons. The Hall–Kier alpha value is -1.80. The van der Waals surface area contributed by atoms with E-state index < -0.39 is 0 Å². The summed E-state index contributed by atoms with van der Waals surface area (Å²) in [6, 6.07) is 6.97. The zero-order valence-electron chi connectivity index (χ0n) is 13.7. The SMILES string of the molecule is Cn1nccc1C1CCN(c2nnc(-c3cc(Br)ccc3F)s2)CC1. The lowest BCUT2D eigenvalue weighted by atomic mass is 9.94. The Morgan fingerprint density at radius 1 is 1.20 bits per heavy atom. The molecule has 2 aromatic heterocycles. The van der Waals surface area contributed by atoms with Gasteiger partial charge >= 0.3 is 0 Å². The summed E-state index contributed by atoms with van der Waals surface area (Å²) in [5.41, 5.74) is 1.77. The van der Waals surface area contributed by atoms with Crippen molar-refractivity contribution >= 4 is 32.4 Å². The first-order valence-electron chi connectivity index (χ1n) is 8.13. The van der Waals surface area contributed by atoms with Gasteiger partial charge in [-0.1, -0.05) is 27.3 Å². The number of aromatic nitrogens is 4. The van der Waals surface area contributed by atoms with Gasteiger partial charge in [-0.05, 0) is 37.1 Å². The van der Waals surface area contributed by atoms with Gasteiger partial charge in [-0.25, -0.2) is 4.39 Å². The summed E-state index contributed by atoms with van der Waals surface area (Å²) in [5.74, 6) is 0.250. The topological polar surface area (TPSA) is 46.8 Å². The van der Waals surface area contributed by atoms with Gasteiger partial charge in [0.2, 0.25) is 5.13 Å². The second-order valence-electron chi connectivity index (χ2n) is 6.15. The van der Waals surface area contributed by atoms with E-state index in [-0.39, 0.29) is 5.82 Å². The van der Waals surface area contributed by atoms with E-state index in [0.717, 1.165) is 35.5 Å². The second kappa shape index (κ2) is 6.84. The highest BCUT2D eigenvalue weighted by atomic mass is 79.9. The summed E-state index contributed by atoms with van der Waals surface area (Å²) in [5, 5.41) is 14.2. The summed E-state index contributed by atoms with van der Waals surface area (Å²) in [6.07, 6.45) is 3.96. The van der Waals surface area contributed by atoms with Gasteiger partial charge in [-0.3, -0.25) is 4.68 Å². The molecule has 4 rings (SSSR count). The maximum Gasteiger partial charge on any atom is 0.208 e. The van der Waals surface area contributed by atoms with Crippen LogP contribution in [0.25, 0.3) is 10.6 Å². The van der Waals surface area contributed by atoms with Gasteiger partial charge in [-0.15, -0.1) is 10.2 Å². The van der Waals surface area contributed by atoms with Crippen molar-refractivity contribution in [3.8, 4) is 10.6 Å². The van der Waals surface area contributed by atoms with Crippen molar-refractivity contribution in [1.29, 1.82) is 0 Å². The molecule has 8 heteroatoms. The Labute approximate surface area is 157 Å². The van der Waals surface area contributed by atoms with Gasteiger partial charge in [0.1, 0.15) is 5.82 Å². The van der Waals surface area contributed by atoms with Crippen LogP contribution in [0.2, 0.25) is 0 Å². The molecule has 0 unspecified atom stereocenters. The largest absolute Gasteiger partial charge is 0.347 e. The first-order chi connectivity index (χ1) is 12.1. The number of piperidine rings is 1. The van der Waals surface area contributed by atoms with Crippen LogP contribution < -0.4 is 4.90 Å². The standard InChI is InChI=1S/C17H17BrFN5S/c1-23-15(4-7-20-23)11-5-8-24(9-6-11)17-22-21-16(25-17)13-10-12(18)2-3-14(13)19/h2-4,7,10-11H,5-6,8-9H2,1H3. The molecule has 0 aliphatic carbocycles. The van der Waals surface area contributed by atoms with Crippen LogP contribution in [0.15, 0.2) is 34.9 Å². The molecular formula is C17H17BrFN5S. The third-order valence-electron chi connectivity index (χ3n) is 4.62. The van der Waals surface area contributed by atoms with Gasteiger partial charge in [0.15, 0.2) is 5.01 Å². The molecule has 130 valence electrons. The highest BCUT2D eigenvalue weighted by molar-refractivity contribution is 9.10. The van der Waals surface area contributed by atoms with Crippen molar-refractivity contribution in [2.45, 2.75) is 18.8 Å². The van der Waals surface area contributed by atoms with E-state index in [0.29, 0.717) is 16.5 Å². The third kappa shape index (κ3) is 3.32. The summed E-state index contributed by atoms with van der Waals surface area (Å²) < 4.78 is 16.8. The summed E-state index contributed by atoms with van der Waals surface area (Å²) in [6.45, 7) is 1.84. The highest BCUT2D eigenvalue weighted by Crippen LogP contribution is 2.35. The molecule has 0 spiro atoms. The van der Waals surface area contributed by atoms with Gasteiger partial charge in [0.25, 0.3) is 0 Å². The van der Waals surface area contributed by atoms with E-state index in [1.807, 2.05) is 17.9 Å². The predicted molar refractivity (Wildman–Crippen MR) is 100 cm³/mol. The Kier molecular flexibility index (Phi) is 4.56. The number of halogens is 2. The number of aryl methyl sites for hydroxylation is 1. The average Bonchev–Trinajstić information content (AvgIpc) is 3.26. The molecule has 1 fully saturated rings. The molecule has 3 aromatic rings. The van der Waals surface area contributed by atoms with Crippen molar-refractivity contribution in [3.63, 3.8) is 0 Å². The number of rotatable bonds is 3. The molecule has 0 N–H and O–H groups in total. The summed E-state index contributed by atoms with van der Waals surface area (Å²) >= 11 is 4.82. The molecule has 0 bridgehead atoms. The van der Waals surface area contributed by atoms with Crippen LogP contribution in [0, 0.1) is 5.82 Å². The quantitative estimate of drug-likeness (QED) is 0.634. The molecule has 5 nitrogen and oxygen atoms in total. The van der Waals surface area contributed by atoms with Crippen molar-refractivity contribution in [2.24, 2.45) is 7.05 Å². The number of nitrogens with zero attached hydrogens (tertiary/aromatic N) is 5. The third-order valence-corrected chi connectivity index (χ3v) is 6.13. The summed E-state index contributed by atoms with van der Waals surface area (Å²) in [4.78, 5) is 2.24. The molecule has 1 saturated heterocycles. The minimum Gasteiger partial charge on any atom is -0.347 e. The molecule has 25 heavy (non-hydrogen) atoms. The number of hydrogen-bond acceptors (Lipinski definition) is 5. The first kappa shape index (κ1) is 16.7. The number of benzene rings is 1. The lowest BCUT2D eigenvalue weighted by Crippen LogP contribution is -2.33. The zero-order chi connectivity index (χ0) is 17.4. The van der Waals surface area contributed by atoms with Crippen LogP contribution in [0.1, 0.15) is 24.5 Å². The van der Waals surface area contributed by atoms with Gasteiger partial charge < -0.3 is 4.90 Å². The Balaban J connectivity index is 1.48. The molecule has 0 saturated carbocycles. The highest BCUT2D eigenvalue weighted by Gasteiger charge is 2.25. The van der Waals surface area contributed by atoms with E-state index in [1.165, 1.54) is 23.1 Å². The van der Waals surface area contributed by atoms with Crippen LogP contribution in [-0.2, 0) is 7.05 Å². The van der Waals surface area contributed by atoms with E-state index in [2.05, 4.69) is 42.2 Å². The Morgan fingerprint density at radius 2 is 2.00 bits per heavy atom. The molecule has 1 aromatic carbocycles. The Morgan fingerprint density at radius 3 is 2.72 bits per heavy atom. The fourth-order valence-corrected chi connectivity index (χ4v) is 4.54. The van der Waals surface area contributed by atoms with Crippen molar-refractivity contribution in [2.75, 3.05) is 18.0 Å². The molecule has 3 heterocycles. The predicted octanol–water partition coefficient (Wildman–Crippen LogP) is 4.22. The molecular weight excluding hydrogens is 405 g/mol. The maximum atomic E-state index is 14.0. The minimum atomic E-state index is -0.277. The fourth-order valence-electron chi connectivity index (χ4n) is 3.26. The van der Waals surface area contributed by atoms with E-state index in [1.54, 1.807) is 12.1 Å². The van der Waals surface area contributed by atoms with Crippen molar-refractivity contribution in [3.05, 3.63) is 46.4 Å². The Bertz CT molecular complexity index is 885. The average molecular weight is 422 g/mol. The van der Waals surface area contributed by atoms with Gasteiger partial charge in [-0.2, -0.15) is 5.10 Å². The van der Waals surface area contributed by atoms with Crippen molar-refractivity contribution in [1.82, 2.24) is 20.0 Å². The molecule has 1 aliphatic heterocycles. The van der Waals surface area contributed by atoms with Crippen molar-refractivity contribution < 1.29 is 4.39 Å². The van der Waals surface area contributed by atoms with Crippen LogP contribution in [0.4, 0.5) is 9.52 Å². The summed E-state index contributed by atoms with van der Waals surface area (Å²) in [7, 11) is 1.99. The van der Waals surface area contributed by atoms with Crippen LogP contribution in [0.5, 0.6) is 0 Å². The maximum absolute atomic E-state index is 14.0. The minimum absolute atomic E-state index is 0.277. The van der Waals surface area contributed by atoms with Crippen LogP contribution >= 0.6 is 27.3 Å². The zero-order valence-corrected chi connectivity index (χ0v) is 16.1. The fraction of sp³-hybridized carbons (Fsp3) is 0.353. The molecule has 0 atom stereocenters. The number of hydrogen-bond donors (Lipinski definition) is 0. The monoisotopic (exact) mass is 421 g/mol. The first-order valence-corrected chi connectivity index (χ1v) is 9.74. The van der Waals surface area contributed by atoms with E-state index in [9.17, 15) is 4.39 Å². The van der Waals surface area contributed by atoms with Crippen LogP contribution in [0.3, 0.4) is 0 Å². The lowest BCUT2D eigenvalue weighted by molar-refractivity contribution is 0.476. The van der Waals surface area contributed by atoms with E-state index in [4.69, 9.17) is 0 Å². The normalized spacial score (nSPS) is 15.7. The molecule has 0 amide bonds. The number of anilines is 1. The molecule has 1 aliphatic rings.